The molecule has 1 rings (SSSR count). The normalized spacial score (nSPS) is 20.8. The van der Waals surface area contributed by atoms with Crippen LogP contribution in [0.4, 0.5) is 0 Å². The minimum Gasteiger partial charge on any atom is -0.462 e. The molecule has 0 aromatic rings. The van der Waals surface area contributed by atoms with Crippen LogP contribution in [-0.2, 0) is 28.5 Å². The summed E-state index contributed by atoms with van der Waals surface area (Å²) in [7, 11) is 0. The van der Waals surface area contributed by atoms with E-state index < -0.39 is 55.4 Å². The van der Waals surface area contributed by atoms with Crippen molar-refractivity contribution in [3.8, 4) is 0 Å². The molecule has 0 radical (unpaired) electrons. The molecule has 6 atom stereocenters. The number of hydrogen-bond donors (Lipinski definition) is 4. The summed E-state index contributed by atoms with van der Waals surface area (Å²) in [5.41, 5.74) is 0. The molecule has 0 saturated carbocycles. The summed E-state index contributed by atoms with van der Waals surface area (Å²) in [6.07, 6.45) is 38.0. The van der Waals surface area contributed by atoms with E-state index in [9.17, 15) is 30.0 Å². The van der Waals surface area contributed by atoms with E-state index in [0.717, 1.165) is 64.2 Å². The number of hydrogen-bond acceptors (Lipinski definition) is 10. The first-order chi connectivity index (χ1) is 27.8. The highest BCUT2D eigenvalue weighted by Gasteiger charge is 2.44. The molecule has 10 nitrogen and oxygen atoms in total. The zero-order chi connectivity index (χ0) is 41.6. The molecule has 57 heavy (non-hydrogen) atoms. The third-order valence-electron chi connectivity index (χ3n) is 9.88. The number of unbranched alkanes of at least 4 members (excludes halogenated alkanes) is 15. The van der Waals surface area contributed by atoms with Crippen LogP contribution in [0, 0.1) is 0 Å². The van der Waals surface area contributed by atoms with Crippen molar-refractivity contribution in [3.63, 3.8) is 0 Å². The second-order valence-corrected chi connectivity index (χ2v) is 15.1. The molecule has 0 aliphatic carbocycles. The molecule has 0 aromatic carbocycles. The molecule has 1 heterocycles. The predicted molar refractivity (Wildman–Crippen MR) is 228 cm³/mol. The third kappa shape index (κ3) is 29.3. The van der Waals surface area contributed by atoms with Gasteiger partial charge in [-0.2, -0.15) is 0 Å². The topological polar surface area (TPSA) is 152 Å². The standard InChI is InChI=1S/C47H80O10/c1-3-5-7-9-11-13-15-17-19-20-22-23-25-27-29-31-33-35-42(49)54-38-40(39-55-47-46(53)45(52)44(51)41(37-48)57-47)56-43(50)36-34-32-30-28-26-24-21-18-16-14-12-10-8-6-4-2/h11,13,17-19,21-23,26,28,40-41,44-48,51-53H,3-10,12,14-16,20,24-25,27,29-39H2,1-2H3/b13-11+,19-17+,21-18+,23-22+,28-26+/t40-,41-,44+,45?,46?,47-/m0/s1. The Morgan fingerprint density at radius 3 is 1.54 bits per heavy atom. The van der Waals surface area contributed by atoms with Gasteiger partial charge in [-0.05, 0) is 83.5 Å². The van der Waals surface area contributed by atoms with E-state index in [1.54, 1.807) is 0 Å². The van der Waals surface area contributed by atoms with Crippen LogP contribution in [0.5, 0.6) is 0 Å². The molecule has 0 spiro atoms. The van der Waals surface area contributed by atoms with E-state index in [0.29, 0.717) is 12.8 Å². The van der Waals surface area contributed by atoms with Gasteiger partial charge in [0.2, 0.25) is 0 Å². The highest BCUT2D eigenvalue weighted by atomic mass is 16.7. The minimum absolute atomic E-state index is 0.180. The Bertz CT molecular complexity index is 1110. The van der Waals surface area contributed by atoms with Gasteiger partial charge >= 0.3 is 11.9 Å². The molecule has 1 saturated heterocycles. The van der Waals surface area contributed by atoms with Gasteiger partial charge in [0.15, 0.2) is 12.4 Å². The lowest BCUT2D eigenvalue weighted by Gasteiger charge is -2.39. The van der Waals surface area contributed by atoms with E-state index in [-0.39, 0.29) is 26.1 Å². The van der Waals surface area contributed by atoms with Gasteiger partial charge in [-0.1, -0.05) is 132 Å². The van der Waals surface area contributed by atoms with Gasteiger partial charge in [0.1, 0.15) is 31.0 Å². The summed E-state index contributed by atoms with van der Waals surface area (Å²) in [5.74, 6) is -0.874. The maximum atomic E-state index is 12.7. The number of aliphatic hydroxyl groups excluding tert-OH is 4. The highest BCUT2D eigenvalue weighted by molar-refractivity contribution is 5.70. The van der Waals surface area contributed by atoms with Gasteiger partial charge in [0.05, 0.1) is 13.2 Å². The van der Waals surface area contributed by atoms with Crippen LogP contribution in [0.15, 0.2) is 60.8 Å². The summed E-state index contributed by atoms with van der Waals surface area (Å²) >= 11 is 0. The van der Waals surface area contributed by atoms with Crippen LogP contribution < -0.4 is 0 Å². The van der Waals surface area contributed by atoms with Crippen molar-refractivity contribution in [2.24, 2.45) is 0 Å². The summed E-state index contributed by atoms with van der Waals surface area (Å²) in [6.45, 7) is 3.32. The monoisotopic (exact) mass is 805 g/mol. The second kappa shape index (κ2) is 37.7. The first kappa shape index (κ1) is 52.4. The zero-order valence-electron chi connectivity index (χ0n) is 35.6. The van der Waals surface area contributed by atoms with E-state index in [4.69, 9.17) is 18.9 Å². The van der Waals surface area contributed by atoms with Crippen molar-refractivity contribution in [1.82, 2.24) is 0 Å². The van der Waals surface area contributed by atoms with E-state index >= 15 is 0 Å². The Labute approximate surface area is 345 Å². The lowest BCUT2D eigenvalue weighted by molar-refractivity contribution is -0.305. The molecule has 10 heteroatoms. The van der Waals surface area contributed by atoms with E-state index in [2.05, 4.69) is 74.6 Å². The zero-order valence-corrected chi connectivity index (χ0v) is 35.6. The largest absolute Gasteiger partial charge is 0.462 e. The number of allylic oxidation sites excluding steroid dienone is 10. The number of aliphatic hydroxyl groups is 4. The Morgan fingerprint density at radius 1 is 0.544 bits per heavy atom. The van der Waals surface area contributed by atoms with Gasteiger partial charge in [-0.15, -0.1) is 0 Å². The summed E-state index contributed by atoms with van der Waals surface area (Å²) < 4.78 is 22.1. The molecule has 328 valence electrons. The molecular weight excluding hydrogens is 725 g/mol. The van der Waals surface area contributed by atoms with Gasteiger partial charge in [-0.25, -0.2) is 0 Å². The van der Waals surface area contributed by atoms with Gasteiger partial charge in [0, 0.05) is 12.8 Å². The molecule has 0 amide bonds. The average molecular weight is 805 g/mol. The highest BCUT2D eigenvalue weighted by Crippen LogP contribution is 2.22. The molecule has 0 aromatic heterocycles. The molecule has 4 N–H and O–H groups in total. The van der Waals surface area contributed by atoms with Crippen molar-refractivity contribution in [1.29, 1.82) is 0 Å². The maximum Gasteiger partial charge on any atom is 0.306 e. The van der Waals surface area contributed by atoms with E-state index in [1.165, 1.54) is 64.2 Å². The fourth-order valence-electron chi connectivity index (χ4n) is 6.28. The van der Waals surface area contributed by atoms with Gasteiger partial charge in [0.25, 0.3) is 0 Å². The minimum atomic E-state index is -1.61. The smallest absolute Gasteiger partial charge is 0.306 e. The molecule has 1 aliphatic rings. The molecule has 0 bridgehead atoms. The van der Waals surface area contributed by atoms with E-state index in [1.807, 2.05) is 0 Å². The quantitative estimate of drug-likeness (QED) is 0.0274. The second-order valence-electron chi connectivity index (χ2n) is 15.1. The Kier molecular flexibility index (Phi) is 34.6. The van der Waals surface area contributed by atoms with Crippen LogP contribution in [-0.4, -0.2) is 89.0 Å². The van der Waals surface area contributed by atoms with Crippen LogP contribution in [0.25, 0.3) is 0 Å². The lowest BCUT2D eigenvalue weighted by Crippen LogP contribution is -2.59. The van der Waals surface area contributed by atoms with Crippen molar-refractivity contribution in [3.05, 3.63) is 60.8 Å². The number of rotatable bonds is 36. The lowest BCUT2D eigenvalue weighted by atomic mass is 9.99. The molecule has 1 fully saturated rings. The number of carbonyl (C=O) groups is 2. The molecule has 2 unspecified atom stereocenters. The van der Waals surface area contributed by atoms with Crippen LogP contribution in [0.3, 0.4) is 0 Å². The molecular formula is C47H80O10. The van der Waals surface area contributed by atoms with Crippen molar-refractivity contribution in [2.75, 3.05) is 19.8 Å². The van der Waals surface area contributed by atoms with Crippen LogP contribution in [0.2, 0.25) is 0 Å². The SMILES string of the molecule is CCCCC/C=C/C/C=C/C/C=C/CCCCCCC(=O)OC[C@@H](CO[C@H]1O[C@@H](CO)[C@@H](O)C(O)C1O)OC(=O)CCCC/C=C/C/C=C/CCCCCCCC. The Morgan fingerprint density at radius 2 is 0.982 bits per heavy atom. The maximum absolute atomic E-state index is 12.7. The van der Waals surface area contributed by atoms with Crippen molar-refractivity contribution < 1.29 is 49.0 Å². The van der Waals surface area contributed by atoms with Crippen LogP contribution in [0.1, 0.15) is 168 Å². The van der Waals surface area contributed by atoms with Gasteiger partial charge in [-0.3, -0.25) is 9.59 Å². The fourth-order valence-corrected chi connectivity index (χ4v) is 6.28. The average Bonchev–Trinajstić information content (AvgIpc) is 3.21. The first-order valence-electron chi connectivity index (χ1n) is 22.4. The summed E-state index contributed by atoms with van der Waals surface area (Å²) in [6, 6.07) is 0. The third-order valence-corrected chi connectivity index (χ3v) is 9.88. The number of esters is 2. The first-order valence-corrected chi connectivity index (χ1v) is 22.4. The number of ether oxygens (including phenoxy) is 4. The van der Waals surface area contributed by atoms with Crippen molar-refractivity contribution in [2.45, 2.75) is 205 Å². The predicted octanol–water partition coefficient (Wildman–Crippen LogP) is 9.44. The Balaban J connectivity index is 2.38. The summed E-state index contributed by atoms with van der Waals surface area (Å²) in [5, 5.41) is 40.0. The molecule has 1 aliphatic heterocycles. The summed E-state index contributed by atoms with van der Waals surface area (Å²) in [4.78, 5) is 25.3. The van der Waals surface area contributed by atoms with Gasteiger partial charge < -0.3 is 39.4 Å². The van der Waals surface area contributed by atoms with Crippen LogP contribution >= 0.6 is 0 Å². The Hall–Kier alpha value is -2.60. The fraction of sp³-hybridized carbons (Fsp3) is 0.745. The van der Waals surface area contributed by atoms with Crippen molar-refractivity contribution >= 4 is 11.9 Å². The number of carbonyl (C=O) groups excluding carboxylic acids is 2.